The Hall–Kier alpha value is -2.05. The number of aromatic carboxylic acids is 1. The van der Waals surface area contributed by atoms with Gasteiger partial charge in [-0.25, -0.2) is 4.79 Å². The van der Waals surface area contributed by atoms with E-state index in [9.17, 15) is 14.9 Å². The van der Waals surface area contributed by atoms with Crippen molar-refractivity contribution in [3.63, 3.8) is 0 Å². The summed E-state index contributed by atoms with van der Waals surface area (Å²) in [4.78, 5) is 22.7. The van der Waals surface area contributed by atoms with Crippen LogP contribution in [-0.4, -0.2) is 16.0 Å². The summed E-state index contributed by atoms with van der Waals surface area (Å²) in [6.45, 7) is 1.77. The molecule has 0 fully saturated rings. The van der Waals surface area contributed by atoms with Gasteiger partial charge < -0.3 is 5.11 Å². The minimum atomic E-state index is -1.14. The van der Waals surface area contributed by atoms with E-state index in [1.807, 2.05) is 0 Å². The fraction of sp³-hybridized carbons (Fsp3) is 0.0714. The summed E-state index contributed by atoms with van der Waals surface area (Å²) in [6.07, 6.45) is 0. The van der Waals surface area contributed by atoms with Crippen molar-refractivity contribution in [2.24, 2.45) is 0 Å². The van der Waals surface area contributed by atoms with Crippen LogP contribution in [0.1, 0.15) is 15.9 Å². The molecule has 0 unspecified atom stereocenters. The van der Waals surface area contributed by atoms with Crippen LogP contribution in [0.3, 0.4) is 0 Å². The van der Waals surface area contributed by atoms with Gasteiger partial charge in [0.05, 0.1) is 20.4 Å². The Morgan fingerprint density at radius 3 is 2.67 bits per heavy atom. The molecule has 0 saturated heterocycles. The van der Waals surface area contributed by atoms with Gasteiger partial charge in [0.2, 0.25) is 0 Å². The zero-order valence-electron chi connectivity index (χ0n) is 10.9. The van der Waals surface area contributed by atoms with E-state index in [0.717, 1.165) is 17.3 Å². The molecule has 0 aliphatic heterocycles. The molecule has 0 aliphatic carbocycles. The Morgan fingerprint density at radius 1 is 1.33 bits per heavy atom. The van der Waals surface area contributed by atoms with E-state index < -0.39 is 10.9 Å². The number of rotatable bonds is 4. The van der Waals surface area contributed by atoms with Gasteiger partial charge in [-0.05, 0) is 30.7 Å². The average Bonchev–Trinajstić information content (AvgIpc) is 2.42. The number of aryl methyl sites for hydroxylation is 1. The van der Waals surface area contributed by atoms with E-state index in [-0.39, 0.29) is 16.3 Å². The van der Waals surface area contributed by atoms with Gasteiger partial charge in [-0.1, -0.05) is 35.5 Å². The molecule has 2 rings (SSSR count). The number of nitro benzene ring substituents is 1. The third-order valence-electron chi connectivity index (χ3n) is 2.78. The second-order valence-corrected chi connectivity index (χ2v) is 5.72. The Labute approximate surface area is 129 Å². The maximum absolute atomic E-state index is 11.1. The molecular weight excluding hydrogens is 314 g/mol. The van der Waals surface area contributed by atoms with E-state index >= 15 is 0 Å². The first kappa shape index (κ1) is 15.3. The van der Waals surface area contributed by atoms with Crippen molar-refractivity contribution in [2.45, 2.75) is 16.7 Å². The highest BCUT2D eigenvalue weighted by molar-refractivity contribution is 7.99. The normalized spacial score (nSPS) is 10.4. The van der Waals surface area contributed by atoms with Crippen LogP contribution in [0, 0.1) is 17.0 Å². The molecule has 0 radical (unpaired) electrons. The molecule has 1 N–H and O–H groups in total. The van der Waals surface area contributed by atoms with Gasteiger partial charge in [0, 0.05) is 11.0 Å². The average molecular weight is 324 g/mol. The maximum atomic E-state index is 11.1. The lowest BCUT2D eigenvalue weighted by molar-refractivity contribution is -0.387. The number of nitro groups is 1. The van der Waals surface area contributed by atoms with Crippen LogP contribution >= 0.6 is 23.4 Å². The molecule has 2 aromatic carbocycles. The van der Waals surface area contributed by atoms with Crippen LogP contribution in [0.15, 0.2) is 46.2 Å². The minimum absolute atomic E-state index is 0.00757. The first-order valence-electron chi connectivity index (χ1n) is 5.85. The van der Waals surface area contributed by atoms with Crippen LogP contribution in [-0.2, 0) is 0 Å². The van der Waals surface area contributed by atoms with Crippen LogP contribution in [0.4, 0.5) is 5.69 Å². The monoisotopic (exact) mass is 323 g/mol. The van der Waals surface area contributed by atoms with Crippen molar-refractivity contribution in [3.8, 4) is 0 Å². The second-order valence-electron chi connectivity index (χ2n) is 4.23. The fourth-order valence-electron chi connectivity index (χ4n) is 1.76. The number of carbonyl (C=O) groups is 1. The van der Waals surface area contributed by atoms with Crippen molar-refractivity contribution in [2.75, 3.05) is 0 Å². The molecule has 0 spiro atoms. The standard InChI is InChI=1S/C14H10ClNO4S/c1-8-3-2-4-12(16(19)20)13(8)21-9-5-6-11(15)10(7-9)14(17)18/h2-7H,1H3,(H,17,18). The summed E-state index contributed by atoms with van der Waals surface area (Å²) in [5.41, 5.74) is 0.714. The molecule has 5 nitrogen and oxygen atoms in total. The molecule has 2 aromatic rings. The predicted molar refractivity (Wildman–Crippen MR) is 80.4 cm³/mol. The minimum Gasteiger partial charge on any atom is -0.478 e. The van der Waals surface area contributed by atoms with Crippen molar-refractivity contribution in [1.82, 2.24) is 0 Å². The van der Waals surface area contributed by atoms with Crippen LogP contribution < -0.4 is 0 Å². The summed E-state index contributed by atoms with van der Waals surface area (Å²) >= 11 is 6.95. The lowest BCUT2D eigenvalue weighted by Gasteiger charge is -2.07. The first-order valence-corrected chi connectivity index (χ1v) is 7.04. The second kappa shape index (κ2) is 6.15. The van der Waals surface area contributed by atoms with E-state index in [1.54, 1.807) is 25.1 Å². The summed E-state index contributed by atoms with van der Waals surface area (Å²) < 4.78 is 0. The number of carboxylic acids is 1. The van der Waals surface area contributed by atoms with Gasteiger partial charge in [0.1, 0.15) is 0 Å². The zero-order chi connectivity index (χ0) is 15.6. The third kappa shape index (κ3) is 3.34. The van der Waals surface area contributed by atoms with E-state index in [1.165, 1.54) is 18.2 Å². The van der Waals surface area contributed by atoms with Crippen molar-refractivity contribution in [3.05, 3.63) is 62.7 Å². The number of hydrogen-bond acceptors (Lipinski definition) is 4. The van der Waals surface area contributed by atoms with Gasteiger partial charge in [-0.2, -0.15) is 0 Å². The number of benzene rings is 2. The van der Waals surface area contributed by atoms with Gasteiger partial charge in [-0.3, -0.25) is 10.1 Å². The highest BCUT2D eigenvalue weighted by Crippen LogP contribution is 2.38. The van der Waals surface area contributed by atoms with Crippen LogP contribution in [0.5, 0.6) is 0 Å². The molecular formula is C14H10ClNO4S. The number of halogens is 1. The van der Waals surface area contributed by atoms with Crippen LogP contribution in [0.25, 0.3) is 0 Å². The SMILES string of the molecule is Cc1cccc([N+](=O)[O-])c1Sc1ccc(Cl)c(C(=O)O)c1. The Morgan fingerprint density at radius 2 is 2.05 bits per heavy atom. The van der Waals surface area contributed by atoms with Gasteiger partial charge in [0.25, 0.3) is 5.69 Å². The molecule has 7 heteroatoms. The first-order chi connectivity index (χ1) is 9.90. The maximum Gasteiger partial charge on any atom is 0.337 e. The van der Waals surface area contributed by atoms with Crippen molar-refractivity contribution in [1.29, 1.82) is 0 Å². The van der Waals surface area contributed by atoms with Crippen molar-refractivity contribution >= 4 is 35.0 Å². The number of carboxylic acid groups (broad SMARTS) is 1. The molecule has 0 bridgehead atoms. The highest BCUT2D eigenvalue weighted by atomic mass is 35.5. The smallest absolute Gasteiger partial charge is 0.337 e. The van der Waals surface area contributed by atoms with E-state index in [2.05, 4.69) is 0 Å². The quantitative estimate of drug-likeness (QED) is 0.666. The largest absolute Gasteiger partial charge is 0.478 e. The molecule has 0 aliphatic rings. The van der Waals surface area contributed by atoms with E-state index in [0.29, 0.717) is 9.79 Å². The fourth-order valence-corrected chi connectivity index (χ4v) is 2.99. The topological polar surface area (TPSA) is 80.4 Å². The summed E-state index contributed by atoms with van der Waals surface area (Å²) in [6, 6.07) is 9.31. The van der Waals surface area contributed by atoms with Crippen LogP contribution in [0.2, 0.25) is 5.02 Å². The molecule has 0 saturated carbocycles. The molecule has 0 heterocycles. The highest BCUT2D eigenvalue weighted by Gasteiger charge is 2.18. The zero-order valence-corrected chi connectivity index (χ0v) is 12.4. The van der Waals surface area contributed by atoms with Gasteiger partial charge in [-0.15, -0.1) is 0 Å². The molecule has 0 aromatic heterocycles. The lowest BCUT2D eigenvalue weighted by Crippen LogP contribution is -1.98. The predicted octanol–water partition coefficient (Wildman–Crippen LogP) is 4.41. The molecule has 0 atom stereocenters. The van der Waals surface area contributed by atoms with Gasteiger partial charge in [0.15, 0.2) is 0 Å². The molecule has 0 amide bonds. The third-order valence-corrected chi connectivity index (χ3v) is 4.33. The van der Waals surface area contributed by atoms with Crippen molar-refractivity contribution < 1.29 is 14.8 Å². The molecule has 108 valence electrons. The summed E-state index contributed by atoms with van der Waals surface area (Å²) in [7, 11) is 0. The van der Waals surface area contributed by atoms with E-state index in [4.69, 9.17) is 16.7 Å². The Balaban J connectivity index is 2.46. The number of nitrogens with zero attached hydrogens (tertiary/aromatic N) is 1. The Kier molecular flexibility index (Phi) is 4.50. The summed E-state index contributed by atoms with van der Waals surface area (Å²) in [5.74, 6) is -1.14. The molecule has 21 heavy (non-hydrogen) atoms. The lowest BCUT2D eigenvalue weighted by atomic mass is 10.2. The summed E-state index contributed by atoms with van der Waals surface area (Å²) in [5, 5.41) is 20.3. The number of hydrogen-bond donors (Lipinski definition) is 1. The van der Waals surface area contributed by atoms with Gasteiger partial charge >= 0.3 is 5.97 Å². The Bertz CT molecular complexity index is 733.